The van der Waals surface area contributed by atoms with Crippen molar-refractivity contribution in [2.75, 3.05) is 5.32 Å². The molecule has 1 aliphatic heterocycles. The van der Waals surface area contributed by atoms with Gasteiger partial charge in [-0.05, 0) is 47.0 Å². The molecule has 2 nitrogen and oxygen atoms in total. The zero-order valence-electron chi connectivity index (χ0n) is 10.6. The summed E-state index contributed by atoms with van der Waals surface area (Å²) in [6, 6.07) is 8.71. The molecule has 0 aliphatic carbocycles. The van der Waals surface area contributed by atoms with Gasteiger partial charge in [0.2, 0.25) is 5.91 Å². The monoisotopic (exact) mass is 359 g/mol. The molecular weight excluding hydrogens is 352 g/mol. The molecule has 1 heterocycles. The van der Waals surface area contributed by atoms with E-state index in [0.717, 1.165) is 22.4 Å². The van der Waals surface area contributed by atoms with E-state index in [1.54, 1.807) is 24.3 Å². The Morgan fingerprint density at radius 2 is 1.67 bits per heavy atom. The Balaban J connectivity index is 2.04. The van der Waals surface area contributed by atoms with E-state index >= 15 is 0 Å². The van der Waals surface area contributed by atoms with Gasteiger partial charge < -0.3 is 5.32 Å². The molecule has 1 N–H and O–H groups in total. The van der Waals surface area contributed by atoms with Crippen molar-refractivity contribution in [3.63, 3.8) is 0 Å². The Hall–Kier alpha value is -0.930. The van der Waals surface area contributed by atoms with E-state index in [9.17, 15) is 4.79 Å². The highest BCUT2D eigenvalue weighted by atomic mass is 35.5. The molecule has 0 saturated carbocycles. The number of benzene rings is 2. The third kappa shape index (κ3) is 3.00. The van der Waals surface area contributed by atoms with Crippen LogP contribution < -0.4 is 5.32 Å². The SMILES string of the molecule is O=C1Cc2cc(C(Cl)c3cc(Cl)cc(Cl)c3)c(Cl)cc2N1. The molecule has 0 spiro atoms. The number of hydrogen-bond donors (Lipinski definition) is 1. The van der Waals surface area contributed by atoms with Crippen molar-refractivity contribution < 1.29 is 4.79 Å². The molecule has 2 aromatic carbocycles. The van der Waals surface area contributed by atoms with Crippen molar-refractivity contribution in [2.45, 2.75) is 11.8 Å². The number of nitrogens with one attached hydrogen (secondary N) is 1. The summed E-state index contributed by atoms with van der Waals surface area (Å²) in [7, 11) is 0. The van der Waals surface area contributed by atoms with Crippen LogP contribution in [0.2, 0.25) is 15.1 Å². The molecule has 3 rings (SSSR count). The van der Waals surface area contributed by atoms with Gasteiger partial charge in [0, 0.05) is 20.8 Å². The minimum Gasteiger partial charge on any atom is -0.325 e. The second kappa shape index (κ2) is 5.69. The number of anilines is 1. The summed E-state index contributed by atoms with van der Waals surface area (Å²) in [6.45, 7) is 0. The number of fused-ring (bicyclic) bond motifs is 1. The Kier molecular flexibility index (Phi) is 4.06. The summed E-state index contributed by atoms with van der Waals surface area (Å²) >= 11 is 24.8. The second-order valence-electron chi connectivity index (χ2n) is 4.82. The van der Waals surface area contributed by atoms with Crippen molar-refractivity contribution in [2.24, 2.45) is 0 Å². The normalized spacial score (nSPS) is 14.8. The zero-order valence-corrected chi connectivity index (χ0v) is 13.6. The van der Waals surface area contributed by atoms with Gasteiger partial charge in [-0.3, -0.25) is 4.79 Å². The van der Waals surface area contributed by atoms with Gasteiger partial charge in [-0.1, -0.05) is 34.8 Å². The van der Waals surface area contributed by atoms with Crippen molar-refractivity contribution in [1.82, 2.24) is 0 Å². The van der Waals surface area contributed by atoms with Gasteiger partial charge in [-0.2, -0.15) is 0 Å². The van der Waals surface area contributed by atoms with Gasteiger partial charge in [0.05, 0.1) is 11.8 Å². The van der Waals surface area contributed by atoms with Gasteiger partial charge in [-0.15, -0.1) is 11.6 Å². The maximum absolute atomic E-state index is 11.4. The van der Waals surface area contributed by atoms with Gasteiger partial charge in [0.1, 0.15) is 0 Å². The Morgan fingerprint density at radius 1 is 1.00 bits per heavy atom. The molecule has 0 radical (unpaired) electrons. The van der Waals surface area contributed by atoms with E-state index in [4.69, 9.17) is 46.4 Å². The molecule has 1 unspecified atom stereocenters. The predicted octanol–water partition coefficient (Wildman–Crippen LogP) is 5.47. The van der Waals surface area contributed by atoms with Crippen LogP contribution >= 0.6 is 46.4 Å². The maximum atomic E-state index is 11.4. The lowest BCUT2D eigenvalue weighted by Gasteiger charge is -2.14. The highest BCUT2D eigenvalue weighted by Crippen LogP contribution is 2.39. The summed E-state index contributed by atoms with van der Waals surface area (Å²) in [6.07, 6.45) is 0.333. The molecule has 6 heteroatoms. The molecule has 0 fully saturated rings. The maximum Gasteiger partial charge on any atom is 0.228 e. The van der Waals surface area contributed by atoms with Crippen molar-refractivity contribution in [1.29, 1.82) is 0 Å². The highest BCUT2D eigenvalue weighted by Gasteiger charge is 2.23. The van der Waals surface area contributed by atoms with Crippen LogP contribution in [-0.2, 0) is 11.2 Å². The van der Waals surface area contributed by atoms with Crippen LogP contribution in [0.5, 0.6) is 0 Å². The van der Waals surface area contributed by atoms with E-state index in [1.165, 1.54) is 0 Å². The first-order chi connectivity index (χ1) is 9.94. The molecule has 1 atom stereocenters. The van der Waals surface area contributed by atoms with E-state index in [1.807, 2.05) is 6.07 Å². The molecule has 0 bridgehead atoms. The van der Waals surface area contributed by atoms with Gasteiger partial charge in [0.15, 0.2) is 0 Å². The average Bonchev–Trinajstić information content (AvgIpc) is 2.75. The van der Waals surface area contributed by atoms with E-state index in [2.05, 4.69) is 5.32 Å². The Bertz CT molecular complexity index is 724. The van der Waals surface area contributed by atoms with Crippen molar-refractivity contribution >= 4 is 58.0 Å². The average molecular weight is 361 g/mol. The fourth-order valence-electron chi connectivity index (χ4n) is 2.36. The third-order valence-electron chi connectivity index (χ3n) is 3.30. The van der Waals surface area contributed by atoms with Crippen LogP contribution in [0.4, 0.5) is 5.69 Å². The first-order valence-electron chi connectivity index (χ1n) is 6.16. The largest absolute Gasteiger partial charge is 0.325 e. The van der Waals surface area contributed by atoms with Crippen LogP contribution in [0.25, 0.3) is 0 Å². The van der Waals surface area contributed by atoms with Crippen LogP contribution in [0.15, 0.2) is 30.3 Å². The molecular formula is C15H9Cl4NO. The minimum atomic E-state index is -0.491. The fourth-order valence-corrected chi connectivity index (χ4v) is 3.54. The fraction of sp³-hybridized carbons (Fsp3) is 0.133. The summed E-state index contributed by atoms with van der Waals surface area (Å²) in [4.78, 5) is 11.4. The number of carbonyl (C=O) groups is 1. The minimum absolute atomic E-state index is 0.0462. The van der Waals surface area contributed by atoms with Crippen LogP contribution in [0.1, 0.15) is 22.1 Å². The number of amides is 1. The summed E-state index contributed by atoms with van der Waals surface area (Å²) < 4.78 is 0. The number of carbonyl (C=O) groups excluding carboxylic acids is 1. The number of alkyl halides is 1. The standard InChI is InChI=1S/C15H9Cl4NO/c16-9-1-8(2-10(17)5-9)15(19)11-3-7-4-14(21)20-13(7)6-12(11)18/h1-3,5-6,15H,4H2,(H,20,21). The van der Waals surface area contributed by atoms with Crippen LogP contribution in [-0.4, -0.2) is 5.91 Å². The summed E-state index contributed by atoms with van der Waals surface area (Å²) in [5, 5.41) is 3.78. The highest BCUT2D eigenvalue weighted by molar-refractivity contribution is 6.35. The van der Waals surface area contributed by atoms with E-state index < -0.39 is 5.38 Å². The van der Waals surface area contributed by atoms with Crippen molar-refractivity contribution in [3.05, 3.63) is 62.1 Å². The van der Waals surface area contributed by atoms with Gasteiger partial charge >= 0.3 is 0 Å². The molecule has 0 aromatic heterocycles. The topological polar surface area (TPSA) is 29.1 Å². The molecule has 2 aromatic rings. The molecule has 0 saturated heterocycles. The lowest BCUT2D eigenvalue weighted by molar-refractivity contribution is -0.115. The lowest BCUT2D eigenvalue weighted by atomic mass is 10.0. The van der Waals surface area contributed by atoms with E-state index in [0.29, 0.717) is 21.5 Å². The van der Waals surface area contributed by atoms with Gasteiger partial charge in [0.25, 0.3) is 0 Å². The Morgan fingerprint density at radius 3 is 2.33 bits per heavy atom. The third-order valence-corrected chi connectivity index (χ3v) is 4.55. The van der Waals surface area contributed by atoms with Crippen LogP contribution in [0, 0.1) is 0 Å². The molecule has 108 valence electrons. The number of halogens is 4. The predicted molar refractivity (Wildman–Crippen MR) is 87.9 cm³/mol. The van der Waals surface area contributed by atoms with Crippen LogP contribution in [0.3, 0.4) is 0 Å². The van der Waals surface area contributed by atoms with Gasteiger partial charge in [-0.25, -0.2) is 0 Å². The summed E-state index contributed by atoms with van der Waals surface area (Å²) in [5.41, 5.74) is 3.11. The number of rotatable bonds is 2. The smallest absolute Gasteiger partial charge is 0.228 e. The zero-order chi connectivity index (χ0) is 15.1. The molecule has 21 heavy (non-hydrogen) atoms. The quantitative estimate of drug-likeness (QED) is 0.707. The second-order valence-corrected chi connectivity index (χ2v) is 6.54. The lowest BCUT2D eigenvalue weighted by Crippen LogP contribution is -2.03. The van der Waals surface area contributed by atoms with Crippen molar-refractivity contribution in [3.8, 4) is 0 Å². The first-order valence-corrected chi connectivity index (χ1v) is 7.73. The van der Waals surface area contributed by atoms with E-state index in [-0.39, 0.29) is 5.91 Å². The summed E-state index contributed by atoms with van der Waals surface area (Å²) in [5.74, 6) is -0.0462. The number of hydrogen-bond acceptors (Lipinski definition) is 1. The molecule has 1 amide bonds. The Labute approximate surface area is 142 Å². The first kappa shape index (κ1) is 15.0. The molecule has 1 aliphatic rings.